The Bertz CT molecular complexity index is 337. The number of hydrogen-bond acceptors (Lipinski definition) is 4. The van der Waals surface area contributed by atoms with Gasteiger partial charge in [-0.15, -0.1) is 0 Å². The van der Waals surface area contributed by atoms with Crippen LogP contribution in [0.15, 0.2) is 0 Å². The van der Waals surface area contributed by atoms with Gasteiger partial charge in [0.05, 0.1) is 18.1 Å². The Balaban J connectivity index is 2.13. The highest BCUT2D eigenvalue weighted by Gasteiger charge is 2.35. The number of hydrogen-bond donors (Lipinski definition) is 2. The molecule has 1 aliphatic rings. The lowest BCUT2D eigenvalue weighted by Gasteiger charge is -2.19. The fraction of sp³-hybridized carbons (Fsp3) is 0.947. The predicted molar refractivity (Wildman–Crippen MR) is 96.2 cm³/mol. The minimum Gasteiger partial charge on any atom is -0.481 e. The SMILES string of the molecule is CCCCCCCC(CCC)OCCCN1CC(O)C(C(=O)O)C1. The smallest absolute Gasteiger partial charge is 0.310 e. The van der Waals surface area contributed by atoms with Crippen LogP contribution in [0.2, 0.25) is 0 Å². The molecule has 1 rings (SSSR count). The maximum atomic E-state index is 11.0. The molecule has 1 saturated heterocycles. The summed E-state index contributed by atoms with van der Waals surface area (Å²) < 4.78 is 6.04. The van der Waals surface area contributed by atoms with Gasteiger partial charge >= 0.3 is 5.97 Å². The molecule has 2 N–H and O–H groups in total. The molecule has 0 aromatic rings. The van der Waals surface area contributed by atoms with Crippen LogP contribution in [0.5, 0.6) is 0 Å². The predicted octanol–water partition coefficient (Wildman–Crippen LogP) is 3.30. The zero-order valence-electron chi connectivity index (χ0n) is 15.6. The highest BCUT2D eigenvalue weighted by molar-refractivity contribution is 5.71. The van der Waals surface area contributed by atoms with Crippen molar-refractivity contribution in [3.63, 3.8) is 0 Å². The number of carboxylic acid groups (broad SMARTS) is 1. The molecular formula is C19H37NO4. The molecule has 1 heterocycles. The average Bonchev–Trinajstić information content (AvgIpc) is 2.92. The van der Waals surface area contributed by atoms with Gasteiger partial charge in [-0.25, -0.2) is 0 Å². The number of ether oxygens (including phenoxy) is 1. The van der Waals surface area contributed by atoms with Crippen LogP contribution in [-0.2, 0) is 9.53 Å². The Morgan fingerprint density at radius 1 is 1.08 bits per heavy atom. The number of rotatable bonds is 14. The Hall–Kier alpha value is -0.650. The maximum absolute atomic E-state index is 11.0. The molecule has 1 aliphatic heterocycles. The van der Waals surface area contributed by atoms with Crippen LogP contribution < -0.4 is 0 Å². The quantitative estimate of drug-likeness (QED) is 0.474. The van der Waals surface area contributed by atoms with Gasteiger partial charge in [-0.1, -0.05) is 52.4 Å². The number of β-amino-alcohol motifs (C(OH)–C–C–N with tert-alkyl or cyclic N) is 1. The zero-order valence-corrected chi connectivity index (χ0v) is 15.6. The van der Waals surface area contributed by atoms with E-state index < -0.39 is 18.0 Å². The summed E-state index contributed by atoms with van der Waals surface area (Å²) in [5.41, 5.74) is 0. The first kappa shape index (κ1) is 21.4. The largest absolute Gasteiger partial charge is 0.481 e. The van der Waals surface area contributed by atoms with Gasteiger partial charge in [0.1, 0.15) is 0 Å². The number of nitrogens with zero attached hydrogens (tertiary/aromatic N) is 1. The minimum atomic E-state index is -0.896. The summed E-state index contributed by atoms with van der Waals surface area (Å²) in [6.07, 6.45) is 10.5. The van der Waals surface area contributed by atoms with Crippen LogP contribution in [0.4, 0.5) is 0 Å². The second-order valence-electron chi connectivity index (χ2n) is 7.11. The third-order valence-electron chi connectivity index (χ3n) is 4.89. The Morgan fingerprint density at radius 3 is 2.46 bits per heavy atom. The lowest BCUT2D eigenvalue weighted by Crippen LogP contribution is -2.26. The fourth-order valence-corrected chi connectivity index (χ4v) is 3.44. The number of aliphatic carboxylic acids is 1. The molecule has 5 heteroatoms. The van der Waals surface area contributed by atoms with Crippen molar-refractivity contribution in [2.24, 2.45) is 5.92 Å². The molecule has 0 saturated carbocycles. The van der Waals surface area contributed by atoms with Crippen LogP contribution in [0, 0.1) is 5.92 Å². The standard InChI is InChI=1S/C19H37NO4/c1-3-5-6-7-8-11-16(10-4-2)24-13-9-12-20-14-17(19(22)23)18(21)15-20/h16-18,21H,3-15H2,1-2H3,(H,22,23). The molecule has 0 aromatic carbocycles. The van der Waals surface area contributed by atoms with E-state index in [4.69, 9.17) is 9.84 Å². The maximum Gasteiger partial charge on any atom is 0.310 e. The number of aliphatic hydroxyl groups is 1. The molecule has 0 bridgehead atoms. The average molecular weight is 344 g/mol. The zero-order chi connectivity index (χ0) is 17.8. The molecule has 0 aliphatic carbocycles. The van der Waals surface area contributed by atoms with Crippen LogP contribution in [0.25, 0.3) is 0 Å². The van der Waals surface area contributed by atoms with Gasteiger partial charge < -0.3 is 14.9 Å². The summed E-state index contributed by atoms with van der Waals surface area (Å²) in [6.45, 7) is 6.88. The molecule has 5 nitrogen and oxygen atoms in total. The van der Waals surface area contributed by atoms with Crippen molar-refractivity contribution in [3.8, 4) is 0 Å². The number of unbranched alkanes of at least 4 members (excludes halogenated alkanes) is 4. The van der Waals surface area contributed by atoms with E-state index in [1.54, 1.807) is 0 Å². The summed E-state index contributed by atoms with van der Waals surface area (Å²) in [7, 11) is 0. The van der Waals surface area contributed by atoms with Crippen LogP contribution in [0.3, 0.4) is 0 Å². The Morgan fingerprint density at radius 2 is 1.83 bits per heavy atom. The molecule has 3 atom stereocenters. The molecular weight excluding hydrogens is 306 g/mol. The Kier molecular flexibility index (Phi) is 11.3. The number of aliphatic hydroxyl groups excluding tert-OH is 1. The van der Waals surface area contributed by atoms with Gasteiger partial charge in [0.15, 0.2) is 0 Å². The summed E-state index contributed by atoms with van der Waals surface area (Å²) in [5, 5.41) is 18.8. The molecule has 142 valence electrons. The van der Waals surface area contributed by atoms with E-state index in [1.165, 1.54) is 32.1 Å². The first-order chi connectivity index (χ1) is 11.6. The monoisotopic (exact) mass is 343 g/mol. The topological polar surface area (TPSA) is 70.0 Å². The van der Waals surface area contributed by atoms with Crippen molar-refractivity contribution >= 4 is 5.97 Å². The summed E-state index contributed by atoms with van der Waals surface area (Å²) in [6, 6.07) is 0. The van der Waals surface area contributed by atoms with E-state index in [9.17, 15) is 9.90 Å². The van der Waals surface area contributed by atoms with Gasteiger partial charge in [0, 0.05) is 26.2 Å². The van der Waals surface area contributed by atoms with Crippen molar-refractivity contribution in [2.75, 3.05) is 26.2 Å². The van der Waals surface area contributed by atoms with E-state index in [0.29, 0.717) is 19.2 Å². The molecule has 1 fully saturated rings. The number of likely N-dealkylation sites (tertiary alicyclic amines) is 1. The summed E-state index contributed by atoms with van der Waals surface area (Å²) in [4.78, 5) is 13.0. The fourth-order valence-electron chi connectivity index (χ4n) is 3.44. The minimum absolute atomic E-state index is 0.368. The lowest BCUT2D eigenvalue weighted by molar-refractivity contribution is -0.143. The second-order valence-corrected chi connectivity index (χ2v) is 7.11. The number of carbonyl (C=O) groups is 1. The van der Waals surface area contributed by atoms with Gasteiger partial charge in [-0.2, -0.15) is 0 Å². The first-order valence-corrected chi connectivity index (χ1v) is 9.83. The highest BCUT2D eigenvalue weighted by atomic mass is 16.5. The van der Waals surface area contributed by atoms with E-state index >= 15 is 0 Å². The van der Waals surface area contributed by atoms with Crippen molar-refractivity contribution < 1.29 is 19.7 Å². The Labute approximate surface area is 147 Å². The van der Waals surface area contributed by atoms with Crippen molar-refractivity contribution in [1.82, 2.24) is 4.90 Å². The molecule has 3 unspecified atom stereocenters. The summed E-state index contributed by atoms with van der Waals surface area (Å²) >= 11 is 0. The normalized spacial score (nSPS) is 22.8. The third kappa shape index (κ3) is 8.45. The third-order valence-corrected chi connectivity index (χ3v) is 4.89. The van der Waals surface area contributed by atoms with E-state index in [2.05, 4.69) is 13.8 Å². The highest BCUT2D eigenvalue weighted by Crippen LogP contribution is 2.18. The van der Waals surface area contributed by atoms with Crippen LogP contribution in [-0.4, -0.2) is 59.5 Å². The van der Waals surface area contributed by atoms with Gasteiger partial charge in [0.2, 0.25) is 0 Å². The number of carboxylic acids is 1. The van der Waals surface area contributed by atoms with Crippen LogP contribution in [0.1, 0.15) is 71.6 Å². The second kappa shape index (κ2) is 12.7. The first-order valence-electron chi connectivity index (χ1n) is 9.83. The van der Waals surface area contributed by atoms with Gasteiger partial charge in [0.25, 0.3) is 0 Å². The molecule has 0 aromatic heterocycles. The lowest BCUT2D eigenvalue weighted by atomic mass is 10.1. The van der Waals surface area contributed by atoms with Crippen molar-refractivity contribution in [3.05, 3.63) is 0 Å². The molecule has 24 heavy (non-hydrogen) atoms. The van der Waals surface area contributed by atoms with Gasteiger partial charge in [-0.05, 0) is 19.3 Å². The van der Waals surface area contributed by atoms with E-state index in [1.807, 2.05) is 4.90 Å². The van der Waals surface area contributed by atoms with E-state index in [0.717, 1.165) is 38.8 Å². The van der Waals surface area contributed by atoms with Crippen molar-refractivity contribution in [2.45, 2.75) is 83.8 Å². The van der Waals surface area contributed by atoms with Crippen molar-refractivity contribution in [1.29, 1.82) is 0 Å². The molecule has 0 amide bonds. The molecule has 0 radical (unpaired) electrons. The van der Waals surface area contributed by atoms with E-state index in [-0.39, 0.29) is 0 Å². The van der Waals surface area contributed by atoms with Gasteiger partial charge in [-0.3, -0.25) is 9.69 Å². The summed E-state index contributed by atoms with van der Waals surface area (Å²) in [5.74, 6) is -1.53. The molecule has 0 spiro atoms. The van der Waals surface area contributed by atoms with Crippen LogP contribution >= 0.6 is 0 Å².